The molecule has 9 heteroatoms. The number of fused-ring (bicyclic) bond motifs is 3. The Balaban J connectivity index is 1.59. The number of imidazole rings is 1. The molecule has 2 bridgehead atoms. The number of hydrogen-bond donors (Lipinski definition) is 1. The number of hydrogen-bond acceptors (Lipinski definition) is 6. The summed E-state index contributed by atoms with van der Waals surface area (Å²) in [7, 11) is 1.96. The van der Waals surface area contributed by atoms with E-state index in [2.05, 4.69) is 26.3 Å². The minimum atomic E-state index is 0.291. The van der Waals surface area contributed by atoms with Crippen LogP contribution in [0.15, 0.2) is 24.4 Å². The van der Waals surface area contributed by atoms with E-state index in [4.69, 9.17) is 14.8 Å². The Morgan fingerprint density at radius 3 is 2.60 bits per heavy atom. The van der Waals surface area contributed by atoms with Crippen molar-refractivity contribution in [3.63, 3.8) is 0 Å². The van der Waals surface area contributed by atoms with Crippen molar-refractivity contribution in [3.05, 3.63) is 35.8 Å². The number of rotatable bonds is 3. The molecule has 2 atom stereocenters. The third kappa shape index (κ3) is 2.65. The van der Waals surface area contributed by atoms with Crippen molar-refractivity contribution in [2.75, 3.05) is 18.0 Å². The van der Waals surface area contributed by atoms with Gasteiger partial charge in [0.1, 0.15) is 5.69 Å². The van der Waals surface area contributed by atoms with Crippen LogP contribution in [0.5, 0.6) is 0 Å². The standard InChI is InChI=1S/C21H24N8O/c1-12-8-17(25-24-12)21-23-13(2)20-16(18-6-7-22-27(18)3)9-19(26-29(20)21)28-10-14-4-5-15(11-28)30-14/h6-9,14-15H,4-5,10-11H2,1-3H3,(H,24,25). The van der Waals surface area contributed by atoms with Crippen LogP contribution in [0.2, 0.25) is 0 Å². The summed E-state index contributed by atoms with van der Waals surface area (Å²) in [5.41, 5.74) is 5.79. The maximum Gasteiger partial charge on any atom is 0.182 e. The lowest BCUT2D eigenvalue weighted by Crippen LogP contribution is -2.43. The first-order chi connectivity index (χ1) is 14.6. The summed E-state index contributed by atoms with van der Waals surface area (Å²) in [5.74, 6) is 1.68. The molecule has 0 aliphatic carbocycles. The second-order valence-corrected chi connectivity index (χ2v) is 8.34. The number of anilines is 1. The van der Waals surface area contributed by atoms with Crippen molar-refractivity contribution in [2.45, 2.75) is 38.9 Å². The van der Waals surface area contributed by atoms with Crippen molar-refractivity contribution < 1.29 is 4.74 Å². The van der Waals surface area contributed by atoms with Gasteiger partial charge in [0.15, 0.2) is 11.6 Å². The third-order valence-electron chi connectivity index (χ3n) is 6.16. The first-order valence-corrected chi connectivity index (χ1v) is 10.4. The Labute approximate surface area is 173 Å². The maximum absolute atomic E-state index is 6.04. The normalized spacial score (nSPS) is 21.1. The number of aryl methyl sites for hydroxylation is 3. The number of aromatic nitrogens is 7. The number of ether oxygens (including phenoxy) is 1. The molecule has 2 saturated heterocycles. The van der Waals surface area contributed by atoms with Crippen LogP contribution in [-0.4, -0.2) is 59.9 Å². The largest absolute Gasteiger partial charge is 0.371 e. The first-order valence-electron chi connectivity index (χ1n) is 10.4. The van der Waals surface area contributed by atoms with Crippen LogP contribution >= 0.6 is 0 Å². The Morgan fingerprint density at radius 2 is 1.93 bits per heavy atom. The molecule has 2 aliphatic heterocycles. The predicted octanol–water partition coefficient (Wildman–Crippen LogP) is 2.50. The number of morpholine rings is 1. The minimum Gasteiger partial charge on any atom is -0.371 e. The molecule has 6 heterocycles. The fourth-order valence-corrected chi connectivity index (χ4v) is 4.74. The van der Waals surface area contributed by atoms with Gasteiger partial charge in [0.25, 0.3) is 0 Å². The van der Waals surface area contributed by atoms with Crippen LogP contribution in [0.25, 0.3) is 28.3 Å². The molecule has 9 nitrogen and oxygen atoms in total. The van der Waals surface area contributed by atoms with Crippen molar-refractivity contribution in [1.29, 1.82) is 0 Å². The van der Waals surface area contributed by atoms with Crippen molar-refractivity contribution in [1.82, 2.24) is 34.6 Å². The van der Waals surface area contributed by atoms with Crippen LogP contribution in [0.4, 0.5) is 5.82 Å². The minimum absolute atomic E-state index is 0.291. The van der Waals surface area contributed by atoms with E-state index in [0.29, 0.717) is 12.2 Å². The number of nitrogens with zero attached hydrogens (tertiary/aromatic N) is 7. The molecular weight excluding hydrogens is 380 g/mol. The molecule has 30 heavy (non-hydrogen) atoms. The van der Waals surface area contributed by atoms with Gasteiger partial charge < -0.3 is 9.64 Å². The molecule has 2 aliphatic rings. The lowest BCUT2D eigenvalue weighted by molar-refractivity contribution is 0.0301. The summed E-state index contributed by atoms with van der Waals surface area (Å²) < 4.78 is 9.88. The van der Waals surface area contributed by atoms with Gasteiger partial charge in [-0.15, -0.1) is 5.10 Å². The fraction of sp³-hybridized carbons (Fsp3) is 0.429. The smallest absolute Gasteiger partial charge is 0.182 e. The zero-order valence-corrected chi connectivity index (χ0v) is 17.3. The van der Waals surface area contributed by atoms with Crippen LogP contribution in [0, 0.1) is 13.8 Å². The summed E-state index contributed by atoms with van der Waals surface area (Å²) in [5, 5.41) is 16.9. The highest BCUT2D eigenvalue weighted by Gasteiger charge is 2.35. The van der Waals surface area contributed by atoms with Gasteiger partial charge in [0, 0.05) is 37.6 Å². The van der Waals surface area contributed by atoms with Crippen molar-refractivity contribution in [2.24, 2.45) is 7.05 Å². The number of aromatic amines is 1. The summed E-state index contributed by atoms with van der Waals surface area (Å²) in [6.07, 6.45) is 4.66. The summed E-state index contributed by atoms with van der Waals surface area (Å²) in [6.45, 7) is 5.74. The van der Waals surface area contributed by atoms with Crippen LogP contribution in [0.1, 0.15) is 24.2 Å². The van der Waals surface area contributed by atoms with Crippen molar-refractivity contribution in [3.8, 4) is 22.8 Å². The fourth-order valence-electron chi connectivity index (χ4n) is 4.74. The van der Waals surface area contributed by atoms with E-state index in [1.807, 2.05) is 48.4 Å². The highest BCUT2D eigenvalue weighted by molar-refractivity contribution is 5.83. The predicted molar refractivity (Wildman–Crippen MR) is 112 cm³/mol. The Bertz CT molecular complexity index is 1240. The quantitative estimate of drug-likeness (QED) is 0.564. The Kier molecular flexibility index (Phi) is 3.76. The van der Waals surface area contributed by atoms with E-state index in [1.165, 1.54) is 0 Å². The maximum atomic E-state index is 6.04. The summed E-state index contributed by atoms with van der Waals surface area (Å²) in [6, 6.07) is 6.21. The zero-order valence-electron chi connectivity index (χ0n) is 17.3. The van der Waals surface area contributed by atoms with E-state index in [0.717, 1.165) is 71.4 Å². The van der Waals surface area contributed by atoms with Gasteiger partial charge in [-0.25, -0.2) is 9.50 Å². The molecule has 0 saturated carbocycles. The van der Waals surface area contributed by atoms with E-state index < -0.39 is 0 Å². The first kappa shape index (κ1) is 17.6. The summed E-state index contributed by atoms with van der Waals surface area (Å²) in [4.78, 5) is 7.19. The average molecular weight is 404 g/mol. The second kappa shape index (κ2) is 6.40. The number of H-pyrrole nitrogens is 1. The Hall–Kier alpha value is -3.20. The highest BCUT2D eigenvalue weighted by Crippen LogP contribution is 2.35. The molecule has 2 unspecified atom stereocenters. The molecule has 0 amide bonds. The van der Waals surface area contributed by atoms with Gasteiger partial charge in [-0.2, -0.15) is 10.2 Å². The molecule has 2 fully saturated rings. The van der Waals surface area contributed by atoms with Gasteiger partial charge in [-0.1, -0.05) is 0 Å². The summed E-state index contributed by atoms with van der Waals surface area (Å²) >= 11 is 0. The molecule has 0 aromatic carbocycles. The van der Waals surface area contributed by atoms with E-state index in [-0.39, 0.29) is 0 Å². The van der Waals surface area contributed by atoms with E-state index >= 15 is 0 Å². The topological polar surface area (TPSA) is 89.2 Å². The van der Waals surface area contributed by atoms with Crippen LogP contribution in [0.3, 0.4) is 0 Å². The highest BCUT2D eigenvalue weighted by atomic mass is 16.5. The monoisotopic (exact) mass is 404 g/mol. The lowest BCUT2D eigenvalue weighted by atomic mass is 10.1. The van der Waals surface area contributed by atoms with Crippen LogP contribution < -0.4 is 4.90 Å². The molecular formula is C21H24N8O. The SMILES string of the molecule is Cc1cc(-c2nc(C)c3c(-c4ccnn4C)cc(N4CC5CCC(C4)O5)nn23)n[nH]1. The van der Waals surface area contributed by atoms with Gasteiger partial charge >= 0.3 is 0 Å². The Morgan fingerprint density at radius 1 is 1.13 bits per heavy atom. The van der Waals surface area contributed by atoms with Crippen LogP contribution in [-0.2, 0) is 11.8 Å². The van der Waals surface area contributed by atoms with Gasteiger partial charge in [0.2, 0.25) is 0 Å². The lowest BCUT2D eigenvalue weighted by Gasteiger charge is -2.33. The van der Waals surface area contributed by atoms with Crippen molar-refractivity contribution >= 4 is 11.3 Å². The molecule has 6 rings (SSSR count). The molecule has 4 aromatic rings. The van der Waals surface area contributed by atoms with Gasteiger partial charge in [-0.05, 0) is 44.9 Å². The van der Waals surface area contributed by atoms with E-state index in [9.17, 15) is 0 Å². The zero-order chi connectivity index (χ0) is 20.4. The molecule has 0 spiro atoms. The molecule has 1 N–H and O–H groups in total. The average Bonchev–Trinajstić information content (AvgIpc) is 3.50. The van der Waals surface area contributed by atoms with E-state index in [1.54, 1.807) is 0 Å². The number of nitrogens with one attached hydrogen (secondary N) is 1. The second-order valence-electron chi connectivity index (χ2n) is 8.34. The molecule has 0 radical (unpaired) electrons. The van der Waals surface area contributed by atoms with Gasteiger partial charge in [-0.3, -0.25) is 9.78 Å². The molecule has 4 aromatic heterocycles. The van der Waals surface area contributed by atoms with Gasteiger partial charge in [0.05, 0.1) is 29.1 Å². The third-order valence-corrected chi connectivity index (χ3v) is 6.16. The molecule has 154 valence electrons.